The number of halogens is 1. The van der Waals surface area contributed by atoms with Crippen LogP contribution < -0.4 is 15.4 Å². The molecule has 2 aromatic rings. The molecule has 3 rings (SSSR count). The first kappa shape index (κ1) is 17.8. The number of amides is 1. The highest BCUT2D eigenvalue weighted by Crippen LogP contribution is 2.34. The molecule has 0 heterocycles. The molecule has 0 unspecified atom stereocenters. The average Bonchev–Trinajstić information content (AvgIpc) is 3.45. The van der Waals surface area contributed by atoms with Crippen molar-refractivity contribution in [3.8, 4) is 5.75 Å². The summed E-state index contributed by atoms with van der Waals surface area (Å²) in [5.41, 5.74) is 1.60. The van der Waals surface area contributed by atoms with Crippen LogP contribution in [-0.4, -0.2) is 19.1 Å². The Morgan fingerprint density at radius 1 is 1.20 bits per heavy atom. The second-order valence-electron chi connectivity index (χ2n) is 6.48. The van der Waals surface area contributed by atoms with E-state index < -0.39 is 6.04 Å². The van der Waals surface area contributed by atoms with Gasteiger partial charge in [0.2, 0.25) is 5.91 Å². The van der Waals surface area contributed by atoms with Gasteiger partial charge in [0.1, 0.15) is 11.8 Å². The first-order valence-corrected chi connectivity index (χ1v) is 8.91. The van der Waals surface area contributed by atoms with Crippen LogP contribution in [-0.2, 0) is 4.79 Å². The molecule has 25 heavy (non-hydrogen) atoms. The van der Waals surface area contributed by atoms with Crippen LogP contribution in [0.4, 0.5) is 5.69 Å². The first-order valence-electron chi connectivity index (χ1n) is 8.54. The number of hydrogen-bond acceptors (Lipinski definition) is 3. The van der Waals surface area contributed by atoms with Gasteiger partial charge in [-0.05, 0) is 49.4 Å². The molecule has 4 nitrogen and oxygen atoms in total. The van der Waals surface area contributed by atoms with Gasteiger partial charge in [-0.15, -0.1) is 0 Å². The van der Waals surface area contributed by atoms with Gasteiger partial charge in [0, 0.05) is 11.7 Å². The Hall–Kier alpha value is -2.04. The molecule has 2 aromatic carbocycles. The smallest absolute Gasteiger partial charge is 0.246 e. The molecule has 0 bridgehead atoms. The van der Waals surface area contributed by atoms with E-state index in [2.05, 4.69) is 17.6 Å². The Bertz CT molecular complexity index is 732. The molecule has 2 atom stereocenters. The van der Waals surface area contributed by atoms with Crippen molar-refractivity contribution in [2.75, 3.05) is 12.4 Å². The van der Waals surface area contributed by atoms with Crippen molar-refractivity contribution in [2.45, 2.75) is 31.8 Å². The van der Waals surface area contributed by atoms with Gasteiger partial charge in [-0.1, -0.05) is 41.9 Å². The highest BCUT2D eigenvalue weighted by molar-refractivity contribution is 6.32. The maximum atomic E-state index is 12.9. The van der Waals surface area contributed by atoms with Gasteiger partial charge >= 0.3 is 0 Å². The Kier molecular flexibility index (Phi) is 5.61. The number of methoxy groups -OCH3 is 1. The summed E-state index contributed by atoms with van der Waals surface area (Å²) in [7, 11) is 1.56. The minimum Gasteiger partial charge on any atom is -0.495 e. The topological polar surface area (TPSA) is 50.4 Å². The van der Waals surface area contributed by atoms with Crippen LogP contribution in [0.2, 0.25) is 5.02 Å². The fourth-order valence-corrected chi connectivity index (χ4v) is 3.18. The highest BCUT2D eigenvalue weighted by atomic mass is 35.5. The number of anilines is 1. The summed E-state index contributed by atoms with van der Waals surface area (Å²) in [5.74, 6) is 1.15. The van der Waals surface area contributed by atoms with Crippen molar-refractivity contribution >= 4 is 23.2 Å². The second-order valence-corrected chi connectivity index (χ2v) is 6.88. The minimum atomic E-state index is -0.405. The molecule has 132 valence electrons. The third kappa shape index (κ3) is 4.53. The third-order valence-electron chi connectivity index (χ3n) is 4.57. The molecule has 0 aliphatic heterocycles. The molecular weight excluding hydrogens is 336 g/mol. The lowest BCUT2D eigenvalue weighted by Crippen LogP contribution is -2.39. The first-order chi connectivity index (χ1) is 12.1. The maximum Gasteiger partial charge on any atom is 0.246 e. The Labute approximate surface area is 153 Å². The third-order valence-corrected chi connectivity index (χ3v) is 4.87. The molecule has 2 N–H and O–H groups in total. The molecule has 0 radical (unpaired) electrons. The van der Waals surface area contributed by atoms with Crippen LogP contribution in [0, 0.1) is 5.92 Å². The summed E-state index contributed by atoms with van der Waals surface area (Å²) in [6, 6.07) is 14.9. The minimum absolute atomic E-state index is 0.0973. The summed E-state index contributed by atoms with van der Waals surface area (Å²) in [6.07, 6.45) is 2.46. The SMILES string of the molecule is COc1ccc(NC(=O)[C@@H](N[C@H](C)C2CC2)c2ccccc2)cc1Cl. The van der Waals surface area contributed by atoms with Crippen LogP contribution in [0.15, 0.2) is 48.5 Å². The molecule has 1 fully saturated rings. The normalized spacial score (nSPS) is 16.1. The van der Waals surface area contributed by atoms with Crippen LogP contribution in [0.1, 0.15) is 31.4 Å². The van der Waals surface area contributed by atoms with E-state index in [1.54, 1.807) is 25.3 Å². The van der Waals surface area contributed by atoms with E-state index in [9.17, 15) is 4.79 Å². The second kappa shape index (κ2) is 7.89. The van der Waals surface area contributed by atoms with Crippen LogP contribution >= 0.6 is 11.6 Å². The van der Waals surface area contributed by atoms with Crippen LogP contribution in [0.3, 0.4) is 0 Å². The van der Waals surface area contributed by atoms with Crippen molar-refractivity contribution in [1.29, 1.82) is 0 Å². The molecule has 1 aliphatic rings. The van der Waals surface area contributed by atoms with Crippen molar-refractivity contribution in [3.63, 3.8) is 0 Å². The summed E-state index contributed by atoms with van der Waals surface area (Å²) in [5, 5.41) is 6.91. The van der Waals surface area contributed by atoms with Crippen molar-refractivity contribution in [1.82, 2.24) is 5.32 Å². The number of hydrogen-bond donors (Lipinski definition) is 2. The lowest BCUT2D eigenvalue weighted by molar-refractivity contribution is -0.118. The van der Waals surface area contributed by atoms with Gasteiger partial charge in [-0.3, -0.25) is 10.1 Å². The zero-order chi connectivity index (χ0) is 17.8. The summed E-state index contributed by atoms with van der Waals surface area (Å²) < 4.78 is 5.15. The Morgan fingerprint density at radius 3 is 2.52 bits per heavy atom. The number of rotatable bonds is 7. The zero-order valence-corrected chi connectivity index (χ0v) is 15.2. The fraction of sp³-hybridized carbons (Fsp3) is 0.350. The molecule has 5 heteroatoms. The predicted octanol–water partition coefficient (Wildman–Crippen LogP) is 4.42. The molecular formula is C20H23ClN2O2. The van der Waals surface area contributed by atoms with E-state index in [1.807, 2.05) is 30.3 Å². The lowest BCUT2D eigenvalue weighted by Gasteiger charge is -2.23. The fourth-order valence-electron chi connectivity index (χ4n) is 2.92. The molecule has 0 saturated heterocycles. The van der Waals surface area contributed by atoms with Gasteiger partial charge in [0.25, 0.3) is 0 Å². The number of nitrogens with one attached hydrogen (secondary N) is 2. The number of ether oxygens (including phenoxy) is 1. The van der Waals surface area contributed by atoms with Gasteiger partial charge in [-0.25, -0.2) is 0 Å². The summed E-state index contributed by atoms with van der Waals surface area (Å²) in [4.78, 5) is 12.9. The van der Waals surface area contributed by atoms with Crippen molar-refractivity contribution < 1.29 is 9.53 Å². The van der Waals surface area contributed by atoms with Gasteiger partial charge in [-0.2, -0.15) is 0 Å². The average molecular weight is 359 g/mol. The number of benzene rings is 2. The van der Waals surface area contributed by atoms with E-state index in [0.717, 1.165) is 5.56 Å². The van der Waals surface area contributed by atoms with Crippen LogP contribution in [0.5, 0.6) is 5.75 Å². The number of carbonyl (C=O) groups is 1. The number of carbonyl (C=O) groups excluding carboxylic acids is 1. The van der Waals surface area contributed by atoms with E-state index in [0.29, 0.717) is 28.4 Å². The van der Waals surface area contributed by atoms with E-state index in [-0.39, 0.29) is 5.91 Å². The van der Waals surface area contributed by atoms with E-state index in [4.69, 9.17) is 16.3 Å². The summed E-state index contributed by atoms with van der Waals surface area (Å²) in [6.45, 7) is 2.14. The quantitative estimate of drug-likeness (QED) is 0.770. The predicted molar refractivity (Wildman–Crippen MR) is 101 cm³/mol. The lowest BCUT2D eigenvalue weighted by atomic mass is 10.0. The maximum absolute atomic E-state index is 12.9. The van der Waals surface area contributed by atoms with Crippen molar-refractivity contribution in [3.05, 3.63) is 59.1 Å². The van der Waals surface area contributed by atoms with E-state index >= 15 is 0 Å². The molecule has 1 saturated carbocycles. The molecule has 1 aliphatic carbocycles. The summed E-state index contributed by atoms with van der Waals surface area (Å²) >= 11 is 6.15. The van der Waals surface area contributed by atoms with Gasteiger partial charge < -0.3 is 10.1 Å². The van der Waals surface area contributed by atoms with E-state index in [1.165, 1.54) is 12.8 Å². The largest absolute Gasteiger partial charge is 0.495 e. The highest BCUT2D eigenvalue weighted by Gasteiger charge is 2.31. The van der Waals surface area contributed by atoms with Crippen molar-refractivity contribution in [2.24, 2.45) is 5.92 Å². The Morgan fingerprint density at radius 2 is 1.92 bits per heavy atom. The molecule has 0 aromatic heterocycles. The Balaban J connectivity index is 1.77. The molecule has 0 spiro atoms. The monoisotopic (exact) mass is 358 g/mol. The van der Waals surface area contributed by atoms with Gasteiger partial charge in [0.05, 0.1) is 12.1 Å². The standard InChI is InChI=1S/C20H23ClN2O2/c1-13(14-8-9-14)22-19(15-6-4-3-5-7-15)20(24)23-16-10-11-18(25-2)17(21)12-16/h3-7,10-14,19,22H,8-9H2,1-2H3,(H,23,24)/t13-,19+/m1/s1. The van der Waals surface area contributed by atoms with Gasteiger partial charge in [0.15, 0.2) is 0 Å². The molecule has 1 amide bonds. The van der Waals surface area contributed by atoms with Crippen LogP contribution in [0.25, 0.3) is 0 Å². The zero-order valence-electron chi connectivity index (χ0n) is 14.5.